The summed E-state index contributed by atoms with van der Waals surface area (Å²) in [6, 6.07) is 4.45. The van der Waals surface area contributed by atoms with Gasteiger partial charge in [0.25, 0.3) is 0 Å². The Bertz CT molecular complexity index is 425. The van der Waals surface area contributed by atoms with Gasteiger partial charge in [0.15, 0.2) is 0 Å². The lowest BCUT2D eigenvalue weighted by molar-refractivity contribution is 0.241. The van der Waals surface area contributed by atoms with Crippen LogP contribution in [0, 0.1) is 0 Å². The predicted octanol–water partition coefficient (Wildman–Crippen LogP) is 3.55. The van der Waals surface area contributed by atoms with Crippen LogP contribution >= 0.6 is 0 Å². The lowest BCUT2D eigenvalue weighted by Crippen LogP contribution is -2.44. The van der Waals surface area contributed by atoms with Gasteiger partial charge in [-0.05, 0) is 37.3 Å². The number of hydrogen-bond donors (Lipinski definition) is 0. The average Bonchev–Trinajstić information content (AvgIpc) is 2.29. The van der Waals surface area contributed by atoms with E-state index in [9.17, 15) is 13.2 Å². The highest BCUT2D eigenvalue weighted by molar-refractivity contribution is 6.84. The Kier molecular flexibility index (Phi) is 4.98. The molecule has 100 valence electrons. The Morgan fingerprint density at radius 1 is 1.11 bits per heavy atom. The molecule has 18 heavy (non-hydrogen) atoms. The first-order valence-corrected chi connectivity index (χ1v) is 8.40. The van der Waals surface area contributed by atoms with Crippen molar-refractivity contribution in [3.05, 3.63) is 36.4 Å². The van der Waals surface area contributed by atoms with Gasteiger partial charge in [0.1, 0.15) is 5.75 Å². The zero-order valence-corrected chi connectivity index (χ0v) is 11.5. The molecular weight excluding hydrogens is 261 g/mol. The summed E-state index contributed by atoms with van der Waals surface area (Å²) < 4.78 is 46.3. The Morgan fingerprint density at radius 3 is 2.11 bits per heavy atom. The van der Waals surface area contributed by atoms with Crippen LogP contribution in [-0.2, 0) is 4.43 Å². The second kappa shape index (κ2) is 6.06. The van der Waals surface area contributed by atoms with Crippen molar-refractivity contribution in [2.24, 2.45) is 0 Å². The summed E-state index contributed by atoms with van der Waals surface area (Å²) >= 11 is 0. The van der Waals surface area contributed by atoms with Gasteiger partial charge in [0.2, 0.25) is 8.32 Å². The number of ether oxygens (including phenoxy) is 1. The summed E-state index contributed by atoms with van der Waals surface area (Å²) in [6.45, 7) is 6.57. The Balaban J connectivity index is 2.84. The van der Waals surface area contributed by atoms with Crippen molar-refractivity contribution in [1.29, 1.82) is 0 Å². The summed E-state index contributed by atoms with van der Waals surface area (Å²) in [7, 11) is -1.97. The van der Waals surface area contributed by atoms with Gasteiger partial charge in [-0.25, -0.2) is 0 Å². The first-order chi connectivity index (χ1) is 8.36. The Hall–Kier alpha value is -1.27. The van der Waals surface area contributed by atoms with Crippen LogP contribution in [0.3, 0.4) is 0 Å². The minimum absolute atomic E-state index is 0.0327. The van der Waals surface area contributed by atoms with Crippen LogP contribution in [0.25, 0.3) is 0 Å². The minimum Gasteiger partial charge on any atom is -0.428 e. The monoisotopic (exact) mass is 276 g/mol. The predicted molar refractivity (Wildman–Crippen MR) is 66.2 cm³/mol. The highest BCUT2D eigenvalue weighted by atomic mass is 28.4. The van der Waals surface area contributed by atoms with Crippen LogP contribution in [0.5, 0.6) is 5.75 Å². The van der Waals surface area contributed by atoms with Gasteiger partial charge in [-0.3, -0.25) is 0 Å². The van der Waals surface area contributed by atoms with Crippen LogP contribution in [0.4, 0.5) is 13.2 Å². The first kappa shape index (κ1) is 14.8. The molecule has 0 atom stereocenters. The summed E-state index contributed by atoms with van der Waals surface area (Å²) in [6.07, 6.45) is -2.47. The molecule has 0 aliphatic heterocycles. The van der Waals surface area contributed by atoms with E-state index in [4.69, 9.17) is 4.43 Å². The molecule has 0 spiro atoms. The molecule has 1 aromatic rings. The fourth-order valence-corrected chi connectivity index (χ4v) is 3.37. The van der Waals surface area contributed by atoms with E-state index in [1.165, 1.54) is 12.1 Å². The van der Waals surface area contributed by atoms with E-state index in [1.54, 1.807) is 12.1 Å². The lowest BCUT2D eigenvalue weighted by atomic mass is 10.3. The number of halogens is 3. The quantitative estimate of drug-likeness (QED) is 0.605. The molecule has 0 amide bonds. The highest BCUT2D eigenvalue weighted by Crippen LogP contribution is 2.18. The van der Waals surface area contributed by atoms with Crippen LogP contribution in [-0.4, -0.2) is 14.9 Å². The molecule has 1 aromatic carbocycles. The van der Waals surface area contributed by atoms with Gasteiger partial charge in [0, 0.05) is 6.61 Å². The molecule has 0 heterocycles. The SMILES string of the molecule is CCO[Si](C)(C)c1ccc(OC(F)=C(F)F)cc1. The molecule has 0 saturated carbocycles. The molecule has 6 heteroatoms. The van der Waals surface area contributed by atoms with Crippen LogP contribution < -0.4 is 9.92 Å². The van der Waals surface area contributed by atoms with E-state index in [1.807, 2.05) is 20.0 Å². The van der Waals surface area contributed by atoms with Crippen molar-refractivity contribution >= 4 is 13.5 Å². The standard InChI is InChI=1S/C12H15F3O2Si/c1-4-16-18(2,3)10-7-5-9(6-8-10)17-12(15)11(13)14/h5-8H,4H2,1-3H3. The number of hydrogen-bond acceptors (Lipinski definition) is 2. The number of benzene rings is 1. The van der Waals surface area contributed by atoms with Crippen molar-refractivity contribution in [2.75, 3.05) is 6.61 Å². The van der Waals surface area contributed by atoms with Crippen LogP contribution in [0.1, 0.15) is 6.92 Å². The fraction of sp³-hybridized carbons (Fsp3) is 0.333. The average molecular weight is 276 g/mol. The third kappa shape index (κ3) is 3.88. The van der Waals surface area contributed by atoms with Crippen molar-refractivity contribution in [2.45, 2.75) is 20.0 Å². The maximum atomic E-state index is 12.6. The summed E-state index contributed by atoms with van der Waals surface area (Å²) in [5.41, 5.74) is 0. The molecule has 1 rings (SSSR count). The van der Waals surface area contributed by atoms with Crippen molar-refractivity contribution in [3.8, 4) is 5.75 Å². The zero-order chi connectivity index (χ0) is 13.8. The van der Waals surface area contributed by atoms with Crippen LogP contribution in [0.2, 0.25) is 13.1 Å². The molecule has 0 radical (unpaired) electrons. The maximum absolute atomic E-state index is 12.6. The smallest absolute Gasteiger partial charge is 0.344 e. The summed E-state index contributed by atoms with van der Waals surface area (Å²) in [5.74, 6) is 0.0327. The summed E-state index contributed by atoms with van der Waals surface area (Å²) in [5, 5.41) is 0.988. The van der Waals surface area contributed by atoms with Gasteiger partial charge >= 0.3 is 12.1 Å². The third-order valence-electron chi connectivity index (χ3n) is 2.41. The van der Waals surface area contributed by atoms with E-state index in [0.717, 1.165) is 5.19 Å². The summed E-state index contributed by atoms with van der Waals surface area (Å²) in [4.78, 5) is 0. The largest absolute Gasteiger partial charge is 0.428 e. The normalized spacial score (nSPS) is 11.2. The molecule has 0 aliphatic rings. The van der Waals surface area contributed by atoms with E-state index >= 15 is 0 Å². The van der Waals surface area contributed by atoms with Gasteiger partial charge in [-0.15, -0.1) is 0 Å². The molecule has 0 unspecified atom stereocenters. The lowest BCUT2D eigenvalue weighted by Gasteiger charge is -2.22. The molecule has 0 aromatic heterocycles. The first-order valence-electron chi connectivity index (χ1n) is 5.50. The van der Waals surface area contributed by atoms with E-state index < -0.39 is 20.4 Å². The van der Waals surface area contributed by atoms with E-state index in [0.29, 0.717) is 6.61 Å². The van der Waals surface area contributed by atoms with Gasteiger partial charge < -0.3 is 9.16 Å². The highest BCUT2D eigenvalue weighted by Gasteiger charge is 2.24. The van der Waals surface area contributed by atoms with E-state index in [-0.39, 0.29) is 5.75 Å². The fourth-order valence-electron chi connectivity index (χ4n) is 1.51. The van der Waals surface area contributed by atoms with Crippen molar-refractivity contribution < 1.29 is 22.3 Å². The molecule has 0 bridgehead atoms. The van der Waals surface area contributed by atoms with E-state index in [2.05, 4.69) is 4.74 Å². The Labute approximate surface area is 105 Å². The van der Waals surface area contributed by atoms with Gasteiger partial charge in [0.05, 0.1) is 0 Å². The third-order valence-corrected chi connectivity index (χ3v) is 5.14. The molecular formula is C12H15F3O2Si. The van der Waals surface area contributed by atoms with Crippen LogP contribution in [0.15, 0.2) is 36.4 Å². The second-order valence-electron chi connectivity index (χ2n) is 4.10. The van der Waals surface area contributed by atoms with Gasteiger partial charge in [-0.1, -0.05) is 12.1 Å². The molecule has 0 aliphatic carbocycles. The number of rotatable bonds is 5. The topological polar surface area (TPSA) is 18.5 Å². The molecule has 0 saturated heterocycles. The maximum Gasteiger partial charge on any atom is 0.344 e. The van der Waals surface area contributed by atoms with Crippen molar-refractivity contribution in [1.82, 2.24) is 0 Å². The second-order valence-corrected chi connectivity index (χ2v) is 7.99. The van der Waals surface area contributed by atoms with Crippen molar-refractivity contribution in [3.63, 3.8) is 0 Å². The minimum atomic E-state index is -2.47. The zero-order valence-electron chi connectivity index (χ0n) is 10.5. The molecule has 2 nitrogen and oxygen atoms in total. The van der Waals surface area contributed by atoms with Gasteiger partial charge in [-0.2, -0.15) is 13.2 Å². The molecule has 0 N–H and O–H groups in total. The Morgan fingerprint density at radius 2 is 1.67 bits per heavy atom. The molecule has 0 fully saturated rings.